The fourth-order valence-electron chi connectivity index (χ4n) is 4.97. The third-order valence-corrected chi connectivity index (χ3v) is 10.7. The van der Waals surface area contributed by atoms with Crippen LogP contribution in [0.2, 0.25) is 0 Å². The van der Waals surface area contributed by atoms with Crippen LogP contribution < -0.4 is 5.09 Å². The number of hydrogen-bond donors (Lipinski definition) is 2. The molecule has 7 heteroatoms. The number of carboxylic acids is 1. The minimum Gasteiger partial charge on any atom is -0.478 e. The molecular formula is C29H35N2O4P. The monoisotopic (exact) mass is 506 g/mol. The molecule has 1 aliphatic rings. The highest BCUT2D eigenvalue weighted by atomic mass is 31.2. The standard InChI is InChI=1S/C29H35N2O4P/c1-19-7-13-25(14-8-19)36(34,30-4)18-24(21(3)29(32)33)16-20(2)22-9-11-23(12-10-22)28-17-26-27(35-28)6-5-15-31-26/h5-6,9-12,15-17,19,25H,7-8,13-14,18H2,1-4H3,(H,30,34)(H,32,33)/b20-16+,24-21-. The molecule has 0 spiro atoms. The highest BCUT2D eigenvalue weighted by Gasteiger charge is 2.35. The van der Waals surface area contributed by atoms with Gasteiger partial charge in [0.05, 0.1) is 0 Å². The molecule has 2 aromatic heterocycles. The van der Waals surface area contributed by atoms with Gasteiger partial charge in [-0.1, -0.05) is 37.3 Å². The van der Waals surface area contributed by atoms with Gasteiger partial charge in [-0.25, -0.2) is 4.79 Å². The molecule has 1 atom stereocenters. The molecule has 3 aromatic rings. The maximum Gasteiger partial charge on any atom is 0.331 e. The summed E-state index contributed by atoms with van der Waals surface area (Å²) in [6.45, 7) is 5.80. The Balaban J connectivity index is 1.60. The number of carbonyl (C=O) groups is 1. The molecule has 1 aliphatic carbocycles. The van der Waals surface area contributed by atoms with Gasteiger partial charge in [-0.2, -0.15) is 0 Å². The lowest BCUT2D eigenvalue weighted by molar-refractivity contribution is -0.132. The zero-order valence-electron chi connectivity index (χ0n) is 21.5. The molecule has 1 saturated carbocycles. The number of nitrogens with zero attached hydrogens (tertiary/aromatic N) is 1. The van der Waals surface area contributed by atoms with Crippen molar-refractivity contribution in [1.82, 2.24) is 10.1 Å². The number of rotatable bonds is 8. The topological polar surface area (TPSA) is 92.4 Å². The van der Waals surface area contributed by atoms with Gasteiger partial charge in [0.15, 0.2) is 12.9 Å². The second kappa shape index (κ2) is 11.0. The van der Waals surface area contributed by atoms with Crippen molar-refractivity contribution in [3.05, 3.63) is 71.4 Å². The lowest BCUT2D eigenvalue weighted by atomic mass is 9.91. The lowest BCUT2D eigenvalue weighted by Gasteiger charge is -2.33. The smallest absolute Gasteiger partial charge is 0.331 e. The summed E-state index contributed by atoms with van der Waals surface area (Å²) in [5.41, 5.74) is 5.32. The molecule has 4 rings (SSSR count). The Morgan fingerprint density at radius 3 is 2.47 bits per heavy atom. The highest BCUT2D eigenvalue weighted by Crippen LogP contribution is 2.54. The molecule has 1 unspecified atom stereocenters. The maximum absolute atomic E-state index is 14.0. The number of pyridine rings is 1. The number of nitrogens with one attached hydrogen (secondary N) is 1. The van der Waals surface area contributed by atoms with Gasteiger partial charge in [-0.3, -0.25) is 10.1 Å². The quantitative estimate of drug-likeness (QED) is 0.188. The van der Waals surface area contributed by atoms with E-state index in [9.17, 15) is 14.5 Å². The minimum atomic E-state index is -2.80. The number of fused-ring (bicyclic) bond motifs is 1. The first-order valence-corrected chi connectivity index (χ1v) is 14.5. The zero-order valence-corrected chi connectivity index (χ0v) is 22.3. The first-order chi connectivity index (χ1) is 17.2. The molecule has 2 heterocycles. The highest BCUT2D eigenvalue weighted by molar-refractivity contribution is 7.62. The summed E-state index contributed by atoms with van der Waals surface area (Å²) in [6, 6.07) is 13.6. The summed E-state index contributed by atoms with van der Waals surface area (Å²) in [7, 11) is -1.05. The fourth-order valence-corrected chi connectivity index (χ4v) is 7.72. The van der Waals surface area contributed by atoms with E-state index in [4.69, 9.17) is 4.42 Å². The minimum absolute atomic E-state index is 0.0848. The lowest BCUT2D eigenvalue weighted by Crippen LogP contribution is -2.25. The Bertz CT molecular complexity index is 1310. The van der Waals surface area contributed by atoms with Crippen molar-refractivity contribution in [2.24, 2.45) is 5.92 Å². The average Bonchev–Trinajstić information content (AvgIpc) is 3.32. The Kier molecular flexibility index (Phi) is 7.97. The zero-order chi connectivity index (χ0) is 25.9. The molecule has 0 radical (unpaired) electrons. The van der Waals surface area contributed by atoms with E-state index in [1.807, 2.05) is 55.5 Å². The molecule has 1 aromatic carbocycles. The number of hydrogen-bond acceptors (Lipinski definition) is 4. The van der Waals surface area contributed by atoms with E-state index >= 15 is 0 Å². The molecule has 1 fully saturated rings. The van der Waals surface area contributed by atoms with Crippen LogP contribution in [0.3, 0.4) is 0 Å². The van der Waals surface area contributed by atoms with Gasteiger partial charge in [0.25, 0.3) is 0 Å². The summed E-state index contributed by atoms with van der Waals surface area (Å²) in [4.78, 5) is 16.2. The molecule has 190 valence electrons. The SMILES string of the molecule is CNP(=O)(CC(/C=C(\C)c1ccc(-c2cc3ncccc3o2)cc1)=C(/C)C(=O)O)C1CCC(C)CC1. The van der Waals surface area contributed by atoms with Crippen LogP contribution >= 0.6 is 7.29 Å². The second-order valence-electron chi connectivity index (χ2n) is 9.95. The van der Waals surface area contributed by atoms with Gasteiger partial charge < -0.3 is 14.1 Å². The van der Waals surface area contributed by atoms with Crippen LogP contribution in [-0.4, -0.2) is 34.9 Å². The van der Waals surface area contributed by atoms with Crippen molar-refractivity contribution in [2.75, 3.05) is 13.2 Å². The molecule has 6 nitrogen and oxygen atoms in total. The van der Waals surface area contributed by atoms with Crippen LogP contribution in [-0.2, 0) is 9.36 Å². The largest absolute Gasteiger partial charge is 0.478 e. The van der Waals surface area contributed by atoms with E-state index in [1.54, 1.807) is 20.2 Å². The van der Waals surface area contributed by atoms with E-state index in [-0.39, 0.29) is 17.4 Å². The van der Waals surface area contributed by atoms with Crippen molar-refractivity contribution in [3.8, 4) is 11.3 Å². The van der Waals surface area contributed by atoms with E-state index in [0.29, 0.717) is 11.5 Å². The van der Waals surface area contributed by atoms with E-state index < -0.39 is 13.3 Å². The third kappa shape index (κ3) is 5.71. The number of benzene rings is 1. The van der Waals surface area contributed by atoms with Gasteiger partial charge in [0.1, 0.15) is 11.3 Å². The second-order valence-corrected chi connectivity index (χ2v) is 13.0. The summed E-state index contributed by atoms with van der Waals surface area (Å²) in [5, 5.41) is 12.9. The van der Waals surface area contributed by atoms with E-state index in [2.05, 4.69) is 17.0 Å². The first-order valence-electron chi connectivity index (χ1n) is 12.5. The summed E-state index contributed by atoms with van der Waals surface area (Å²) < 4.78 is 19.9. The average molecular weight is 507 g/mol. The number of furan rings is 1. The first kappa shape index (κ1) is 26.1. The Hall–Kier alpha value is -2.95. The van der Waals surface area contributed by atoms with Crippen molar-refractivity contribution >= 4 is 29.9 Å². The molecule has 0 saturated heterocycles. The molecule has 2 N–H and O–H groups in total. The van der Waals surface area contributed by atoms with Crippen LogP contribution in [0.1, 0.15) is 52.0 Å². The number of aliphatic carboxylic acids is 1. The van der Waals surface area contributed by atoms with Crippen LogP contribution in [0.25, 0.3) is 28.0 Å². The fraction of sp³-hybridized carbons (Fsp3) is 0.379. The summed E-state index contributed by atoms with van der Waals surface area (Å²) in [5.74, 6) is 0.419. The summed E-state index contributed by atoms with van der Waals surface area (Å²) in [6.07, 6.45) is 7.83. The Labute approximate surface area is 212 Å². The van der Waals surface area contributed by atoms with Crippen LogP contribution in [0.4, 0.5) is 0 Å². The van der Waals surface area contributed by atoms with Crippen molar-refractivity contribution < 1.29 is 18.9 Å². The van der Waals surface area contributed by atoms with Crippen LogP contribution in [0.5, 0.6) is 0 Å². The molecule has 36 heavy (non-hydrogen) atoms. The Morgan fingerprint density at radius 1 is 1.17 bits per heavy atom. The van der Waals surface area contributed by atoms with Gasteiger partial charge in [-0.05, 0) is 81.3 Å². The van der Waals surface area contributed by atoms with Gasteiger partial charge in [0.2, 0.25) is 0 Å². The third-order valence-electron chi connectivity index (χ3n) is 7.46. The number of allylic oxidation sites excluding steroid dienone is 3. The molecule has 0 amide bonds. The van der Waals surface area contributed by atoms with Gasteiger partial charge in [-0.15, -0.1) is 0 Å². The van der Waals surface area contributed by atoms with Crippen LogP contribution in [0, 0.1) is 5.92 Å². The van der Waals surface area contributed by atoms with E-state index in [1.165, 1.54) is 0 Å². The van der Waals surface area contributed by atoms with Crippen LogP contribution in [0.15, 0.2) is 70.3 Å². The number of aromatic nitrogens is 1. The van der Waals surface area contributed by atoms with Crippen molar-refractivity contribution in [2.45, 2.75) is 52.1 Å². The predicted octanol–water partition coefficient (Wildman–Crippen LogP) is 7.38. The van der Waals surface area contributed by atoms with Crippen molar-refractivity contribution in [1.29, 1.82) is 0 Å². The van der Waals surface area contributed by atoms with Gasteiger partial charge in [0, 0.05) is 35.2 Å². The number of carboxylic acid groups (broad SMARTS) is 1. The molecule has 0 bridgehead atoms. The maximum atomic E-state index is 14.0. The predicted molar refractivity (Wildman–Crippen MR) is 146 cm³/mol. The van der Waals surface area contributed by atoms with Gasteiger partial charge >= 0.3 is 5.97 Å². The molecule has 0 aliphatic heterocycles. The van der Waals surface area contributed by atoms with E-state index in [0.717, 1.165) is 59.2 Å². The summed E-state index contributed by atoms with van der Waals surface area (Å²) >= 11 is 0. The normalized spacial score (nSPS) is 21.2. The van der Waals surface area contributed by atoms with Crippen molar-refractivity contribution in [3.63, 3.8) is 0 Å². The Morgan fingerprint density at radius 2 is 1.86 bits per heavy atom. The molecular weight excluding hydrogens is 471 g/mol.